The van der Waals surface area contributed by atoms with Gasteiger partial charge in [-0.05, 0) is 41.4 Å². The van der Waals surface area contributed by atoms with E-state index >= 15 is 0 Å². The molecule has 14 heteroatoms. The largest absolute Gasteiger partial charge is 0.363 e. The Labute approximate surface area is 280 Å². The first-order valence-electron chi connectivity index (χ1n) is 17.0. The monoisotopic (exact) mass is 668 g/mol. The van der Waals surface area contributed by atoms with E-state index in [4.69, 9.17) is 19.9 Å². The number of carbonyl (C=O) groups is 5. The Morgan fingerprint density at radius 3 is 1.38 bits per heavy atom. The highest BCUT2D eigenvalue weighted by molar-refractivity contribution is 5.84. The van der Waals surface area contributed by atoms with Crippen LogP contribution in [0.3, 0.4) is 0 Å². The molecule has 3 saturated heterocycles. The predicted molar refractivity (Wildman–Crippen MR) is 177 cm³/mol. The van der Waals surface area contributed by atoms with Gasteiger partial charge in [0.25, 0.3) is 11.8 Å². The molecule has 14 nitrogen and oxygen atoms in total. The van der Waals surface area contributed by atoms with Crippen molar-refractivity contribution >= 4 is 29.5 Å². The van der Waals surface area contributed by atoms with Crippen LogP contribution in [0.5, 0.6) is 0 Å². The van der Waals surface area contributed by atoms with Crippen molar-refractivity contribution < 1.29 is 39.6 Å². The zero-order chi connectivity index (χ0) is 35.3. The summed E-state index contributed by atoms with van der Waals surface area (Å²) in [5, 5.41) is 14.3. The molecule has 0 radical (unpaired) electrons. The van der Waals surface area contributed by atoms with Gasteiger partial charge in [-0.15, -0.1) is 0 Å². The number of carbonyl (C=O) groups excluding carboxylic acids is 5. The second-order valence-electron chi connectivity index (χ2n) is 14.1. The van der Waals surface area contributed by atoms with Crippen LogP contribution in [0.4, 0.5) is 0 Å². The number of hydrogen-bond acceptors (Lipinski definition) is 9. The Hall–Kier alpha value is -2.81. The SMILES string of the molecule is CNC(=O)[C@@H]1O[C@H](CNC(=O)[C@@H]2O[C@H](CNC(=O)[C@@H]3O[C@H](CN)C(C)C(C)C3NC(C)=O)C(C)C(C)C2C)C(C)C(C)C1NC(C)=O.[HH]. The average Bonchev–Trinajstić information content (AvgIpc) is 3.02. The molecule has 5 amide bonds. The van der Waals surface area contributed by atoms with Gasteiger partial charge in [0.2, 0.25) is 17.7 Å². The minimum atomic E-state index is -0.920. The van der Waals surface area contributed by atoms with Crippen molar-refractivity contribution in [3.8, 4) is 0 Å². The van der Waals surface area contributed by atoms with E-state index in [1.54, 1.807) is 0 Å². The Balaban J connectivity index is 0.00000800. The van der Waals surface area contributed by atoms with E-state index in [0.29, 0.717) is 0 Å². The number of nitrogens with two attached hydrogens (primary N) is 1. The van der Waals surface area contributed by atoms with Crippen molar-refractivity contribution in [3.63, 3.8) is 0 Å². The van der Waals surface area contributed by atoms with Gasteiger partial charge in [-0.2, -0.15) is 0 Å². The van der Waals surface area contributed by atoms with E-state index in [2.05, 4.69) is 33.5 Å². The van der Waals surface area contributed by atoms with Crippen molar-refractivity contribution in [1.29, 1.82) is 0 Å². The molecule has 0 aliphatic carbocycles. The lowest BCUT2D eigenvalue weighted by Gasteiger charge is -2.45. The fourth-order valence-electron chi connectivity index (χ4n) is 7.32. The Bertz CT molecular complexity index is 1150. The molecule has 0 spiro atoms. The van der Waals surface area contributed by atoms with Gasteiger partial charge in [0.15, 0.2) is 12.2 Å². The molecule has 15 atom stereocenters. The van der Waals surface area contributed by atoms with Crippen molar-refractivity contribution in [2.45, 2.75) is 111 Å². The number of likely N-dealkylation sites (N-methyl/N-ethyl adjacent to an activating group) is 1. The molecule has 0 bridgehead atoms. The van der Waals surface area contributed by atoms with Gasteiger partial charge in [-0.3, -0.25) is 24.0 Å². The molecule has 3 rings (SSSR count). The van der Waals surface area contributed by atoms with Crippen molar-refractivity contribution in [1.82, 2.24) is 26.6 Å². The Morgan fingerprint density at radius 2 is 0.936 bits per heavy atom. The summed E-state index contributed by atoms with van der Waals surface area (Å²) in [6.07, 6.45) is -3.85. The predicted octanol–water partition coefficient (Wildman–Crippen LogP) is -0.0662. The topological polar surface area (TPSA) is 199 Å². The van der Waals surface area contributed by atoms with Gasteiger partial charge in [0.1, 0.15) is 6.10 Å². The molecular weight excluding hydrogens is 608 g/mol. The van der Waals surface area contributed by atoms with E-state index in [-0.39, 0.29) is 98.1 Å². The van der Waals surface area contributed by atoms with E-state index in [1.807, 2.05) is 41.5 Å². The van der Waals surface area contributed by atoms with Crippen LogP contribution in [0, 0.1) is 41.4 Å². The van der Waals surface area contributed by atoms with Crippen molar-refractivity contribution in [2.75, 3.05) is 26.7 Å². The average molecular weight is 669 g/mol. The van der Waals surface area contributed by atoms with Crippen LogP contribution >= 0.6 is 0 Å². The highest BCUT2D eigenvalue weighted by atomic mass is 16.5. The second kappa shape index (κ2) is 16.5. The molecule has 0 saturated carbocycles. The third-order valence-corrected chi connectivity index (χ3v) is 11.3. The molecular formula is C33H60N6O8. The highest BCUT2D eigenvalue weighted by Gasteiger charge is 2.48. The summed E-state index contributed by atoms with van der Waals surface area (Å²) in [7, 11) is 1.51. The van der Waals surface area contributed by atoms with Crippen LogP contribution in [-0.4, -0.2) is 105 Å². The molecule has 3 aliphatic heterocycles. The second-order valence-corrected chi connectivity index (χ2v) is 14.1. The molecule has 47 heavy (non-hydrogen) atoms. The molecule has 270 valence electrons. The first-order chi connectivity index (χ1) is 22.0. The molecule has 9 unspecified atom stereocenters. The fourth-order valence-corrected chi connectivity index (χ4v) is 7.32. The summed E-state index contributed by atoms with van der Waals surface area (Å²) < 4.78 is 18.6. The van der Waals surface area contributed by atoms with Crippen LogP contribution in [0.2, 0.25) is 0 Å². The minimum absolute atomic E-state index is 0. The van der Waals surface area contributed by atoms with Crippen LogP contribution in [0.15, 0.2) is 0 Å². The maximum atomic E-state index is 13.6. The smallest absolute Gasteiger partial charge is 0.251 e. The molecule has 3 aliphatic rings. The van der Waals surface area contributed by atoms with Crippen molar-refractivity contribution in [3.05, 3.63) is 0 Å². The lowest BCUT2D eigenvalue weighted by atomic mass is 9.76. The lowest BCUT2D eigenvalue weighted by molar-refractivity contribution is -0.169. The maximum absolute atomic E-state index is 13.6. The van der Waals surface area contributed by atoms with Crippen LogP contribution in [0.25, 0.3) is 0 Å². The fraction of sp³-hybridized carbons (Fsp3) is 0.848. The molecule has 3 fully saturated rings. The summed E-state index contributed by atoms with van der Waals surface area (Å²) in [5.41, 5.74) is 5.94. The minimum Gasteiger partial charge on any atom is -0.363 e. The van der Waals surface area contributed by atoms with Crippen molar-refractivity contribution in [2.24, 2.45) is 47.2 Å². The Kier molecular flexibility index (Phi) is 13.6. The molecule has 3 heterocycles. The summed E-state index contributed by atoms with van der Waals surface area (Å²) in [6, 6.07) is -1.02. The van der Waals surface area contributed by atoms with Gasteiger partial charge < -0.3 is 46.5 Å². The molecule has 7 N–H and O–H groups in total. The van der Waals surface area contributed by atoms with E-state index in [9.17, 15) is 24.0 Å². The summed E-state index contributed by atoms with van der Waals surface area (Å²) in [6.45, 7) is 17.4. The zero-order valence-electron chi connectivity index (χ0n) is 29.6. The third-order valence-electron chi connectivity index (χ3n) is 11.3. The van der Waals surface area contributed by atoms with Gasteiger partial charge in [0.05, 0.1) is 30.4 Å². The standard InChI is InChI=1S/C33H58N6O8.H2/c1-14-15(2)24(12-37-33(44)30-27(39-22(9)41)18(5)16(3)23(11-34)45-30)46-28(20(14)7)32(43)36-13-25-17(4)19(6)26(38-21(8)40)29(47-25)31(42)35-10;/h14-20,23-30H,11-13,34H2,1-10H3,(H,35,42)(H,36,43)(H,37,44)(H,38,40)(H,39,41);1H/t14?,15?,16?,17?,18?,19?,20?,23-,24-,25-,26?,27?,28-,29-,30-;/m1./s1. The number of amides is 5. The van der Waals surface area contributed by atoms with Gasteiger partial charge in [-0.1, -0.05) is 48.5 Å². The van der Waals surface area contributed by atoms with Gasteiger partial charge in [-0.25, -0.2) is 0 Å². The van der Waals surface area contributed by atoms with Crippen LogP contribution in [-0.2, 0) is 38.2 Å². The van der Waals surface area contributed by atoms with Crippen LogP contribution < -0.4 is 32.3 Å². The number of rotatable bonds is 10. The highest BCUT2D eigenvalue weighted by Crippen LogP contribution is 2.36. The zero-order valence-corrected chi connectivity index (χ0v) is 29.6. The van der Waals surface area contributed by atoms with Crippen LogP contribution in [0.1, 0.15) is 63.7 Å². The summed E-state index contributed by atoms with van der Waals surface area (Å²) >= 11 is 0. The molecule has 0 aromatic carbocycles. The number of hydrogen-bond donors (Lipinski definition) is 6. The normalized spacial score (nSPS) is 40.4. The summed E-state index contributed by atoms with van der Waals surface area (Å²) in [5.74, 6) is -1.67. The van der Waals surface area contributed by atoms with E-state index < -0.39 is 42.6 Å². The number of nitrogens with one attached hydrogen (secondary N) is 5. The van der Waals surface area contributed by atoms with E-state index in [0.717, 1.165) is 0 Å². The first kappa shape index (κ1) is 38.6. The number of ether oxygens (including phenoxy) is 3. The molecule has 0 aromatic rings. The Morgan fingerprint density at radius 1 is 0.553 bits per heavy atom. The first-order valence-corrected chi connectivity index (χ1v) is 17.0. The quantitative estimate of drug-likeness (QED) is 0.185. The van der Waals surface area contributed by atoms with Gasteiger partial charge >= 0.3 is 0 Å². The third kappa shape index (κ3) is 8.81. The summed E-state index contributed by atoms with van der Waals surface area (Å²) in [4.78, 5) is 63.6. The molecule has 0 aromatic heterocycles. The lowest BCUT2D eigenvalue weighted by Crippen LogP contribution is -2.63. The maximum Gasteiger partial charge on any atom is 0.251 e. The van der Waals surface area contributed by atoms with E-state index in [1.165, 1.54) is 20.9 Å². The van der Waals surface area contributed by atoms with Gasteiger partial charge in [0, 0.05) is 42.0 Å².